The fourth-order valence-electron chi connectivity index (χ4n) is 1.91. The van der Waals surface area contributed by atoms with Gasteiger partial charge in [-0.2, -0.15) is 0 Å². The molecule has 0 bridgehead atoms. The first kappa shape index (κ1) is 13.8. The van der Waals surface area contributed by atoms with Crippen molar-refractivity contribution in [2.24, 2.45) is 0 Å². The van der Waals surface area contributed by atoms with Gasteiger partial charge >= 0.3 is 0 Å². The fourth-order valence-corrected chi connectivity index (χ4v) is 2.56. The first-order valence-electron chi connectivity index (χ1n) is 6.63. The zero-order valence-electron chi connectivity index (χ0n) is 11.3. The van der Waals surface area contributed by atoms with Gasteiger partial charge in [0.05, 0.1) is 6.54 Å². The maximum atomic E-state index is 11.7. The second-order valence-corrected chi connectivity index (χ2v) is 5.48. The van der Waals surface area contributed by atoms with E-state index in [0.717, 1.165) is 4.88 Å². The minimum absolute atomic E-state index is 0.0228. The molecule has 110 valence electrons. The molecule has 0 saturated heterocycles. The van der Waals surface area contributed by atoms with Crippen LogP contribution >= 0.6 is 11.3 Å². The maximum absolute atomic E-state index is 11.7. The van der Waals surface area contributed by atoms with Crippen molar-refractivity contribution in [3.63, 3.8) is 0 Å². The van der Waals surface area contributed by atoms with Gasteiger partial charge in [0, 0.05) is 10.9 Å². The average molecular weight is 305 g/mol. The number of carbonyl (C=O) groups excluding carboxylic acids is 1. The number of benzene rings is 1. The zero-order valence-corrected chi connectivity index (χ0v) is 12.2. The van der Waals surface area contributed by atoms with Crippen LogP contribution in [0.4, 0.5) is 0 Å². The Morgan fingerprint density at radius 2 is 2.10 bits per heavy atom. The van der Waals surface area contributed by atoms with Crippen LogP contribution in [0.5, 0.6) is 17.2 Å². The van der Waals surface area contributed by atoms with Gasteiger partial charge in [-0.1, -0.05) is 6.07 Å². The Morgan fingerprint density at radius 3 is 2.90 bits per heavy atom. The van der Waals surface area contributed by atoms with Gasteiger partial charge in [-0.15, -0.1) is 11.3 Å². The number of rotatable bonds is 5. The van der Waals surface area contributed by atoms with E-state index >= 15 is 0 Å². The van der Waals surface area contributed by atoms with Gasteiger partial charge in [0.15, 0.2) is 18.1 Å². The van der Waals surface area contributed by atoms with Crippen molar-refractivity contribution >= 4 is 17.2 Å². The maximum Gasteiger partial charge on any atom is 0.258 e. The highest BCUT2D eigenvalue weighted by Crippen LogP contribution is 2.33. The van der Waals surface area contributed by atoms with E-state index in [1.807, 2.05) is 17.5 Å². The van der Waals surface area contributed by atoms with Crippen LogP contribution < -0.4 is 19.5 Å². The van der Waals surface area contributed by atoms with E-state index in [2.05, 4.69) is 5.32 Å². The lowest BCUT2D eigenvalue weighted by atomic mass is 10.3. The zero-order chi connectivity index (χ0) is 14.5. The van der Waals surface area contributed by atoms with E-state index in [1.54, 1.807) is 29.5 Å². The summed E-state index contributed by atoms with van der Waals surface area (Å²) in [5.74, 6) is 1.79. The van der Waals surface area contributed by atoms with Gasteiger partial charge in [-0.3, -0.25) is 4.79 Å². The van der Waals surface area contributed by atoms with Crippen molar-refractivity contribution in [2.45, 2.75) is 6.54 Å². The molecule has 1 amide bonds. The third-order valence-electron chi connectivity index (χ3n) is 2.92. The summed E-state index contributed by atoms with van der Waals surface area (Å²) in [6.07, 6.45) is 0. The van der Waals surface area contributed by atoms with Gasteiger partial charge in [-0.05, 0) is 23.6 Å². The minimum atomic E-state index is -0.154. The van der Waals surface area contributed by atoms with Crippen molar-refractivity contribution < 1.29 is 19.0 Å². The van der Waals surface area contributed by atoms with Crippen LogP contribution in [0.25, 0.3) is 0 Å². The second kappa shape index (κ2) is 6.49. The third kappa shape index (κ3) is 3.66. The molecule has 1 aromatic heterocycles. The van der Waals surface area contributed by atoms with Crippen LogP contribution in [0, 0.1) is 0 Å². The number of ether oxygens (including phenoxy) is 3. The molecule has 2 heterocycles. The molecule has 3 rings (SSSR count). The summed E-state index contributed by atoms with van der Waals surface area (Å²) in [6, 6.07) is 9.22. The van der Waals surface area contributed by atoms with Crippen molar-refractivity contribution in [2.75, 3.05) is 19.8 Å². The summed E-state index contributed by atoms with van der Waals surface area (Å²) in [5, 5.41) is 4.79. The Kier molecular flexibility index (Phi) is 4.25. The normalized spacial score (nSPS) is 12.8. The first-order chi connectivity index (χ1) is 10.3. The molecule has 0 spiro atoms. The molecule has 0 fully saturated rings. The van der Waals surface area contributed by atoms with E-state index in [4.69, 9.17) is 14.2 Å². The molecule has 1 N–H and O–H groups in total. The highest BCUT2D eigenvalue weighted by molar-refractivity contribution is 7.09. The van der Waals surface area contributed by atoms with E-state index in [-0.39, 0.29) is 12.5 Å². The quantitative estimate of drug-likeness (QED) is 0.920. The lowest BCUT2D eigenvalue weighted by Gasteiger charge is -2.18. The van der Waals surface area contributed by atoms with Crippen LogP contribution in [0.15, 0.2) is 35.7 Å². The highest BCUT2D eigenvalue weighted by atomic mass is 32.1. The molecule has 0 unspecified atom stereocenters. The van der Waals surface area contributed by atoms with Gasteiger partial charge in [-0.25, -0.2) is 0 Å². The third-order valence-corrected chi connectivity index (χ3v) is 3.80. The Labute approximate surface area is 126 Å². The molecule has 1 aliphatic heterocycles. The Balaban J connectivity index is 1.49. The molecule has 0 radical (unpaired) electrons. The number of hydrogen-bond acceptors (Lipinski definition) is 5. The molecule has 0 aliphatic carbocycles. The van der Waals surface area contributed by atoms with E-state index in [0.29, 0.717) is 37.0 Å². The Bertz CT molecular complexity index is 612. The van der Waals surface area contributed by atoms with Gasteiger partial charge in [0.25, 0.3) is 5.91 Å². The van der Waals surface area contributed by atoms with Crippen LogP contribution in [0.2, 0.25) is 0 Å². The number of hydrogen-bond donors (Lipinski definition) is 1. The van der Waals surface area contributed by atoms with Crippen LogP contribution in [-0.2, 0) is 11.3 Å². The summed E-state index contributed by atoms with van der Waals surface area (Å²) >= 11 is 1.61. The molecule has 2 aromatic rings. The van der Waals surface area contributed by atoms with Crippen molar-refractivity contribution in [3.05, 3.63) is 40.6 Å². The summed E-state index contributed by atoms with van der Waals surface area (Å²) < 4.78 is 16.3. The molecule has 5 nitrogen and oxygen atoms in total. The summed E-state index contributed by atoms with van der Waals surface area (Å²) in [7, 11) is 0. The van der Waals surface area contributed by atoms with E-state index in [9.17, 15) is 4.79 Å². The van der Waals surface area contributed by atoms with Gasteiger partial charge in [0.2, 0.25) is 0 Å². The second-order valence-electron chi connectivity index (χ2n) is 4.45. The standard InChI is InChI=1S/C15H15NO4S/c17-15(16-9-12-2-1-7-21-12)10-20-11-3-4-13-14(8-11)19-6-5-18-13/h1-4,7-8H,5-6,9-10H2,(H,16,17). The summed E-state index contributed by atoms with van der Waals surface area (Å²) in [6.45, 7) is 1.59. The first-order valence-corrected chi connectivity index (χ1v) is 7.51. The molecule has 0 atom stereocenters. The number of thiophene rings is 1. The van der Waals surface area contributed by atoms with Gasteiger partial charge in [0.1, 0.15) is 19.0 Å². The van der Waals surface area contributed by atoms with Crippen LogP contribution in [0.3, 0.4) is 0 Å². The lowest BCUT2D eigenvalue weighted by molar-refractivity contribution is -0.123. The number of carbonyl (C=O) groups is 1. The molecule has 6 heteroatoms. The average Bonchev–Trinajstić information content (AvgIpc) is 3.04. The highest BCUT2D eigenvalue weighted by Gasteiger charge is 2.12. The lowest BCUT2D eigenvalue weighted by Crippen LogP contribution is -2.28. The summed E-state index contributed by atoms with van der Waals surface area (Å²) in [5.41, 5.74) is 0. The smallest absolute Gasteiger partial charge is 0.258 e. The predicted molar refractivity (Wildman–Crippen MR) is 79.1 cm³/mol. The van der Waals surface area contributed by atoms with Crippen LogP contribution in [-0.4, -0.2) is 25.7 Å². The molecular weight excluding hydrogens is 290 g/mol. The van der Waals surface area contributed by atoms with Crippen molar-refractivity contribution in [1.29, 1.82) is 0 Å². The number of fused-ring (bicyclic) bond motifs is 1. The summed E-state index contributed by atoms with van der Waals surface area (Å²) in [4.78, 5) is 12.8. The largest absolute Gasteiger partial charge is 0.486 e. The molecule has 1 aliphatic rings. The SMILES string of the molecule is O=C(COc1ccc2c(c1)OCCO2)NCc1cccs1. The molecular formula is C15H15NO4S. The monoisotopic (exact) mass is 305 g/mol. The molecule has 21 heavy (non-hydrogen) atoms. The van der Waals surface area contributed by atoms with E-state index < -0.39 is 0 Å². The predicted octanol–water partition coefficient (Wildman–Crippen LogP) is 2.21. The van der Waals surface area contributed by atoms with Gasteiger partial charge < -0.3 is 19.5 Å². The number of nitrogens with one attached hydrogen (secondary N) is 1. The Morgan fingerprint density at radius 1 is 1.24 bits per heavy atom. The van der Waals surface area contributed by atoms with Crippen molar-refractivity contribution in [1.82, 2.24) is 5.32 Å². The number of amides is 1. The van der Waals surface area contributed by atoms with Crippen molar-refractivity contribution in [3.8, 4) is 17.2 Å². The van der Waals surface area contributed by atoms with E-state index in [1.165, 1.54) is 0 Å². The fraction of sp³-hybridized carbons (Fsp3) is 0.267. The van der Waals surface area contributed by atoms with Crippen LogP contribution in [0.1, 0.15) is 4.88 Å². The topological polar surface area (TPSA) is 56.8 Å². The molecule has 0 saturated carbocycles. The minimum Gasteiger partial charge on any atom is -0.486 e. The molecule has 1 aromatic carbocycles. The Hall–Kier alpha value is -2.21.